The predicted octanol–water partition coefficient (Wildman–Crippen LogP) is 4.26. The Morgan fingerprint density at radius 1 is 1.21 bits per heavy atom. The molecule has 1 aromatic rings. The van der Waals surface area contributed by atoms with E-state index in [9.17, 15) is 18.0 Å². The van der Waals surface area contributed by atoms with E-state index in [-0.39, 0.29) is 10.2 Å². The van der Waals surface area contributed by atoms with Gasteiger partial charge in [-0.05, 0) is 11.3 Å². The summed E-state index contributed by atoms with van der Waals surface area (Å²) in [6, 6.07) is 0.483. The Balaban J connectivity index is 3.82. The van der Waals surface area contributed by atoms with Gasteiger partial charge < -0.3 is 5.11 Å². The maximum atomic E-state index is 12.9. The van der Waals surface area contributed by atoms with E-state index >= 15 is 0 Å². The molecule has 0 aliphatic rings. The molecule has 0 saturated heterocycles. The fourth-order valence-corrected chi connectivity index (χ4v) is 5.48. The van der Waals surface area contributed by atoms with E-state index in [2.05, 4.69) is 0 Å². The first-order valence-corrected chi connectivity index (χ1v) is 9.46. The molecular formula is C11H11Cl2F3O2Si. The van der Waals surface area contributed by atoms with Gasteiger partial charge >= 0.3 is 12.1 Å². The zero-order valence-corrected chi connectivity index (χ0v) is 12.8. The van der Waals surface area contributed by atoms with Crippen LogP contribution in [0.15, 0.2) is 6.07 Å². The molecule has 0 unspecified atom stereocenters. The number of carbonyl (C=O) groups is 1. The summed E-state index contributed by atoms with van der Waals surface area (Å²) in [7, 11) is -2.34. The molecule has 0 fully saturated rings. The molecule has 0 aliphatic carbocycles. The van der Waals surface area contributed by atoms with Gasteiger partial charge in [0.1, 0.15) is 0 Å². The number of alkyl halides is 3. The minimum Gasteiger partial charge on any atom is -0.478 e. The molecule has 0 heterocycles. The normalized spacial score (nSPS) is 12.6. The molecule has 0 amide bonds. The standard InChI is InChI=1S/C11H11Cl2F3O2Si/c1-19(2,3)9-7(12)5(10(17)18)4-6(8(9)13)11(14,15)16/h4H,1-3H3,(H,17,18). The SMILES string of the molecule is C[Si](C)(C)c1c(Cl)c(C(=O)O)cc(C(F)(F)F)c1Cl. The summed E-state index contributed by atoms with van der Waals surface area (Å²) < 4.78 is 38.7. The van der Waals surface area contributed by atoms with Gasteiger partial charge in [-0.15, -0.1) is 0 Å². The fourth-order valence-electron chi connectivity index (χ4n) is 1.66. The van der Waals surface area contributed by atoms with Crippen molar-refractivity contribution in [2.75, 3.05) is 0 Å². The highest BCUT2D eigenvalue weighted by molar-refractivity contribution is 6.91. The lowest BCUT2D eigenvalue weighted by atomic mass is 10.1. The molecule has 8 heteroatoms. The van der Waals surface area contributed by atoms with Crippen molar-refractivity contribution in [2.24, 2.45) is 0 Å². The van der Waals surface area contributed by atoms with Gasteiger partial charge in [0, 0.05) is 0 Å². The minimum atomic E-state index is -4.72. The zero-order chi connectivity index (χ0) is 15.2. The molecule has 106 valence electrons. The van der Waals surface area contributed by atoms with Crippen LogP contribution in [0, 0.1) is 0 Å². The van der Waals surface area contributed by atoms with E-state index in [0.29, 0.717) is 6.07 Å². The average Bonchev–Trinajstić information content (AvgIpc) is 2.12. The number of aromatic carboxylic acids is 1. The second-order valence-electron chi connectivity index (χ2n) is 5.03. The number of rotatable bonds is 2. The number of hydrogen-bond acceptors (Lipinski definition) is 1. The number of benzene rings is 1. The molecule has 0 bridgehead atoms. The Labute approximate surface area is 119 Å². The molecule has 0 radical (unpaired) electrons. The number of halogens is 5. The first-order valence-electron chi connectivity index (χ1n) is 5.20. The lowest BCUT2D eigenvalue weighted by molar-refractivity contribution is -0.137. The number of hydrogen-bond donors (Lipinski definition) is 1. The Morgan fingerprint density at radius 2 is 1.68 bits per heavy atom. The van der Waals surface area contributed by atoms with Gasteiger partial charge in [0.05, 0.1) is 29.2 Å². The Morgan fingerprint density at radius 3 is 2.00 bits per heavy atom. The van der Waals surface area contributed by atoms with E-state index in [1.54, 1.807) is 19.6 Å². The van der Waals surface area contributed by atoms with Gasteiger partial charge in [0.2, 0.25) is 0 Å². The summed E-state index contributed by atoms with van der Waals surface area (Å²) in [5.74, 6) is -1.51. The highest BCUT2D eigenvalue weighted by Gasteiger charge is 2.39. The monoisotopic (exact) mass is 330 g/mol. The third-order valence-electron chi connectivity index (χ3n) is 2.49. The van der Waals surface area contributed by atoms with E-state index in [1.165, 1.54) is 0 Å². The first kappa shape index (κ1) is 16.3. The van der Waals surface area contributed by atoms with Crippen LogP contribution in [0.1, 0.15) is 15.9 Å². The quantitative estimate of drug-likeness (QED) is 0.823. The molecule has 0 aliphatic heterocycles. The second-order valence-corrected chi connectivity index (χ2v) is 10.8. The molecule has 19 heavy (non-hydrogen) atoms. The second kappa shape index (κ2) is 4.99. The van der Waals surface area contributed by atoms with Crippen LogP contribution in [0.25, 0.3) is 0 Å². The van der Waals surface area contributed by atoms with Crippen LogP contribution in [0.3, 0.4) is 0 Å². The van der Waals surface area contributed by atoms with Gasteiger partial charge in [-0.25, -0.2) is 4.79 Å². The Hall–Kier alpha value is -0.723. The molecule has 1 aromatic carbocycles. The lowest BCUT2D eigenvalue weighted by Crippen LogP contribution is -2.41. The lowest BCUT2D eigenvalue weighted by Gasteiger charge is -2.24. The van der Waals surface area contributed by atoms with Crippen LogP contribution in [-0.4, -0.2) is 19.1 Å². The minimum absolute atomic E-state index is 0.114. The average molecular weight is 331 g/mol. The van der Waals surface area contributed by atoms with E-state index < -0.39 is 36.4 Å². The van der Waals surface area contributed by atoms with Crippen molar-refractivity contribution in [3.8, 4) is 0 Å². The van der Waals surface area contributed by atoms with Crippen molar-refractivity contribution >= 4 is 42.4 Å². The molecule has 0 saturated carbocycles. The summed E-state index contributed by atoms with van der Waals surface area (Å²) in [4.78, 5) is 11.0. The first-order chi connectivity index (χ1) is 8.37. The van der Waals surface area contributed by atoms with E-state index in [1.807, 2.05) is 0 Å². The number of carboxylic acid groups (broad SMARTS) is 1. The van der Waals surface area contributed by atoms with Crippen LogP contribution in [0.5, 0.6) is 0 Å². The van der Waals surface area contributed by atoms with Crippen LogP contribution < -0.4 is 5.19 Å². The van der Waals surface area contributed by atoms with E-state index in [4.69, 9.17) is 28.3 Å². The molecule has 0 spiro atoms. The predicted molar refractivity (Wildman–Crippen MR) is 71.4 cm³/mol. The highest BCUT2D eigenvalue weighted by atomic mass is 35.5. The molecule has 2 nitrogen and oxygen atoms in total. The summed E-state index contributed by atoms with van der Waals surface area (Å²) in [6.07, 6.45) is -4.72. The van der Waals surface area contributed by atoms with Gasteiger partial charge in [-0.2, -0.15) is 13.2 Å². The summed E-state index contributed by atoms with van der Waals surface area (Å²) in [5.41, 5.74) is -1.73. The maximum Gasteiger partial charge on any atom is 0.417 e. The Bertz CT molecular complexity index is 536. The maximum absolute atomic E-state index is 12.9. The van der Waals surface area contributed by atoms with Crippen molar-refractivity contribution in [3.63, 3.8) is 0 Å². The van der Waals surface area contributed by atoms with Crippen molar-refractivity contribution in [1.82, 2.24) is 0 Å². The highest BCUT2D eigenvalue weighted by Crippen LogP contribution is 2.37. The third-order valence-corrected chi connectivity index (χ3v) is 5.59. The van der Waals surface area contributed by atoms with Gasteiger partial charge in [-0.3, -0.25) is 0 Å². The topological polar surface area (TPSA) is 37.3 Å². The van der Waals surface area contributed by atoms with E-state index in [0.717, 1.165) is 0 Å². The van der Waals surface area contributed by atoms with Crippen LogP contribution in [0.4, 0.5) is 13.2 Å². The van der Waals surface area contributed by atoms with Gasteiger partial charge in [0.25, 0.3) is 0 Å². The zero-order valence-electron chi connectivity index (χ0n) is 10.3. The van der Waals surface area contributed by atoms with Crippen LogP contribution in [0.2, 0.25) is 29.7 Å². The van der Waals surface area contributed by atoms with Crippen molar-refractivity contribution in [2.45, 2.75) is 25.8 Å². The summed E-state index contributed by atoms with van der Waals surface area (Å²) in [6.45, 7) is 5.23. The number of carboxylic acids is 1. The molecule has 1 rings (SSSR count). The van der Waals surface area contributed by atoms with Gasteiger partial charge in [0.15, 0.2) is 0 Å². The van der Waals surface area contributed by atoms with Crippen molar-refractivity contribution in [3.05, 3.63) is 27.2 Å². The largest absolute Gasteiger partial charge is 0.478 e. The smallest absolute Gasteiger partial charge is 0.417 e. The fraction of sp³-hybridized carbons (Fsp3) is 0.364. The summed E-state index contributed by atoms with van der Waals surface area (Å²) >= 11 is 11.7. The third kappa shape index (κ3) is 3.24. The molecule has 0 atom stereocenters. The van der Waals surface area contributed by atoms with Crippen molar-refractivity contribution < 1.29 is 23.1 Å². The molecular weight excluding hydrogens is 320 g/mol. The molecule has 1 N–H and O–H groups in total. The van der Waals surface area contributed by atoms with Crippen LogP contribution >= 0.6 is 23.2 Å². The molecule has 0 aromatic heterocycles. The van der Waals surface area contributed by atoms with Crippen LogP contribution in [-0.2, 0) is 6.18 Å². The Kier molecular flexibility index (Phi) is 4.29. The van der Waals surface area contributed by atoms with Crippen molar-refractivity contribution in [1.29, 1.82) is 0 Å². The van der Waals surface area contributed by atoms with Gasteiger partial charge in [-0.1, -0.05) is 42.8 Å². The summed E-state index contributed by atoms with van der Waals surface area (Å²) in [5, 5.41) is 8.37.